The molecule has 2 aromatic rings. The fourth-order valence-corrected chi connectivity index (χ4v) is 4.33. The van der Waals surface area contributed by atoms with Crippen molar-refractivity contribution in [2.24, 2.45) is 0 Å². The fourth-order valence-electron chi connectivity index (χ4n) is 4.33. The van der Waals surface area contributed by atoms with Gasteiger partial charge >= 0.3 is 0 Å². The molecule has 2 N–H and O–H groups in total. The van der Waals surface area contributed by atoms with E-state index >= 15 is 0 Å². The summed E-state index contributed by atoms with van der Waals surface area (Å²) in [7, 11) is 0. The van der Waals surface area contributed by atoms with Crippen molar-refractivity contribution in [1.82, 2.24) is 0 Å². The zero-order valence-corrected chi connectivity index (χ0v) is 22.8. The van der Waals surface area contributed by atoms with Gasteiger partial charge < -0.3 is 10.6 Å². The van der Waals surface area contributed by atoms with E-state index < -0.39 is 0 Å². The minimum Gasteiger partial charge on any atom is -0.359 e. The molecule has 0 fully saturated rings. The molecule has 34 heavy (non-hydrogen) atoms. The second-order valence-electron chi connectivity index (χ2n) is 10.5. The molecule has 0 heterocycles. The number of benzene rings is 2. The minimum atomic E-state index is -0.0312. The van der Waals surface area contributed by atoms with Gasteiger partial charge in [-0.15, -0.1) is 0 Å². The van der Waals surface area contributed by atoms with Crippen LogP contribution in [0.1, 0.15) is 115 Å². The van der Waals surface area contributed by atoms with Crippen LogP contribution < -0.4 is 10.6 Å². The molecule has 0 unspecified atom stereocenters. The summed E-state index contributed by atoms with van der Waals surface area (Å²) in [6, 6.07) is 12.9. The summed E-state index contributed by atoms with van der Waals surface area (Å²) in [5.74, 6) is 1.55. The van der Waals surface area contributed by atoms with Crippen molar-refractivity contribution in [2.45, 2.75) is 92.9 Å². The quantitative estimate of drug-likeness (QED) is 0.347. The van der Waals surface area contributed by atoms with Crippen molar-refractivity contribution < 1.29 is 4.79 Å². The molecule has 3 heteroatoms. The van der Waals surface area contributed by atoms with Crippen LogP contribution in [0.25, 0.3) is 0 Å². The van der Waals surface area contributed by atoms with Gasteiger partial charge in [0.05, 0.1) is 0 Å². The molecule has 0 bridgehead atoms. The lowest BCUT2D eigenvalue weighted by atomic mass is 9.92. The van der Waals surface area contributed by atoms with E-state index in [0.29, 0.717) is 23.7 Å². The van der Waals surface area contributed by atoms with Crippen LogP contribution in [0.15, 0.2) is 59.9 Å². The van der Waals surface area contributed by atoms with Crippen LogP contribution >= 0.6 is 0 Å². The Balaban J connectivity index is 2.29. The first kappa shape index (κ1) is 27.4. The Morgan fingerprint density at radius 1 is 0.588 bits per heavy atom. The van der Waals surface area contributed by atoms with Gasteiger partial charge in [-0.2, -0.15) is 0 Å². The molecule has 0 spiro atoms. The number of anilines is 2. The number of ketones is 1. The average molecular weight is 461 g/mol. The van der Waals surface area contributed by atoms with Crippen molar-refractivity contribution in [3.8, 4) is 0 Å². The molecule has 2 aromatic carbocycles. The number of carbonyl (C=O) groups is 1. The smallest absolute Gasteiger partial charge is 0.182 e. The summed E-state index contributed by atoms with van der Waals surface area (Å²) in [6.45, 7) is 21.5. The van der Waals surface area contributed by atoms with Crippen molar-refractivity contribution in [2.75, 3.05) is 10.6 Å². The first-order valence-corrected chi connectivity index (χ1v) is 12.6. The van der Waals surface area contributed by atoms with Crippen molar-refractivity contribution >= 4 is 17.2 Å². The van der Waals surface area contributed by atoms with Crippen molar-refractivity contribution in [3.05, 3.63) is 82.2 Å². The maximum absolute atomic E-state index is 12.9. The first-order valence-electron chi connectivity index (χ1n) is 12.6. The van der Waals surface area contributed by atoms with E-state index in [2.05, 4.69) is 102 Å². The van der Waals surface area contributed by atoms with Gasteiger partial charge in [-0.05, 0) is 59.8 Å². The van der Waals surface area contributed by atoms with Crippen LogP contribution in [0, 0.1) is 0 Å². The number of nitrogens with one attached hydrogen (secondary N) is 2. The van der Waals surface area contributed by atoms with Crippen LogP contribution in [0.2, 0.25) is 0 Å². The normalized spacial score (nSPS) is 12.8. The molecular formula is C31H44N2O. The van der Waals surface area contributed by atoms with Crippen molar-refractivity contribution in [3.63, 3.8) is 0 Å². The number of hydrogen-bond acceptors (Lipinski definition) is 3. The third-order valence-electron chi connectivity index (χ3n) is 6.11. The highest BCUT2D eigenvalue weighted by Crippen LogP contribution is 2.34. The second kappa shape index (κ2) is 12.1. The summed E-state index contributed by atoms with van der Waals surface area (Å²) in [5, 5.41) is 7.07. The lowest BCUT2D eigenvalue weighted by Gasteiger charge is -2.21. The molecule has 0 aromatic heterocycles. The summed E-state index contributed by atoms with van der Waals surface area (Å²) in [4.78, 5) is 12.9. The molecule has 0 saturated heterocycles. The van der Waals surface area contributed by atoms with Crippen LogP contribution in [0.3, 0.4) is 0 Å². The summed E-state index contributed by atoms with van der Waals surface area (Å²) in [6.07, 6.45) is 3.37. The molecule has 0 atom stereocenters. The molecule has 0 aliphatic carbocycles. The van der Waals surface area contributed by atoms with E-state index in [-0.39, 0.29) is 5.78 Å². The van der Waals surface area contributed by atoms with E-state index in [0.717, 1.165) is 22.8 Å². The third kappa shape index (κ3) is 7.09. The standard InChI is InChI=1S/C31H44N2O/c1-19(2)26-13-11-14-27(20(3)4)30(26)32-23(9)17-25(34)18-24(10)33-31-28(21(5)6)15-12-16-29(31)22(7)8/h11-22,32-33H,1-10H3/b23-17+,24-18+. The Morgan fingerprint density at radius 2 is 0.853 bits per heavy atom. The number of allylic oxidation sites excluding steroid dienone is 4. The number of rotatable bonds is 10. The molecule has 0 aliphatic heterocycles. The summed E-state index contributed by atoms with van der Waals surface area (Å²) >= 11 is 0. The molecule has 0 radical (unpaired) electrons. The maximum atomic E-state index is 12.9. The predicted octanol–water partition coefficient (Wildman–Crippen LogP) is 9.08. The lowest BCUT2D eigenvalue weighted by molar-refractivity contribution is -0.110. The molecule has 184 valence electrons. The Morgan fingerprint density at radius 3 is 1.09 bits per heavy atom. The van der Waals surface area contributed by atoms with Crippen LogP contribution in [-0.2, 0) is 4.79 Å². The van der Waals surface area contributed by atoms with Crippen LogP contribution in [0.5, 0.6) is 0 Å². The Hall–Kier alpha value is -2.81. The zero-order valence-electron chi connectivity index (χ0n) is 22.8. The highest BCUT2D eigenvalue weighted by Gasteiger charge is 2.15. The highest BCUT2D eigenvalue weighted by atomic mass is 16.1. The van der Waals surface area contributed by atoms with E-state index in [1.165, 1.54) is 22.3 Å². The number of para-hydroxylation sites is 2. The van der Waals surface area contributed by atoms with E-state index in [1.807, 2.05) is 13.8 Å². The predicted molar refractivity (Wildman–Crippen MR) is 149 cm³/mol. The lowest BCUT2D eigenvalue weighted by Crippen LogP contribution is -2.08. The van der Waals surface area contributed by atoms with Gasteiger partial charge in [0.2, 0.25) is 0 Å². The Bertz CT molecular complexity index is 919. The van der Waals surface area contributed by atoms with Gasteiger partial charge in [0.1, 0.15) is 0 Å². The van der Waals surface area contributed by atoms with Crippen molar-refractivity contribution in [1.29, 1.82) is 0 Å². The highest BCUT2D eigenvalue weighted by molar-refractivity contribution is 6.00. The Labute approximate surface area is 207 Å². The van der Waals surface area contributed by atoms with Gasteiger partial charge in [0.25, 0.3) is 0 Å². The summed E-state index contributed by atoms with van der Waals surface area (Å²) < 4.78 is 0. The first-order chi connectivity index (χ1) is 15.9. The fraction of sp³-hybridized carbons (Fsp3) is 0.452. The molecule has 0 amide bonds. The minimum absolute atomic E-state index is 0.0312. The molecule has 2 rings (SSSR count). The van der Waals surface area contributed by atoms with Gasteiger partial charge in [-0.25, -0.2) is 0 Å². The molecule has 3 nitrogen and oxygen atoms in total. The third-order valence-corrected chi connectivity index (χ3v) is 6.11. The molecular weight excluding hydrogens is 416 g/mol. The molecule has 0 aliphatic rings. The van der Waals surface area contributed by atoms with Gasteiger partial charge in [0, 0.05) is 34.9 Å². The van der Waals surface area contributed by atoms with Crippen LogP contribution in [-0.4, -0.2) is 5.78 Å². The number of carbonyl (C=O) groups excluding carboxylic acids is 1. The van der Waals surface area contributed by atoms with Gasteiger partial charge in [0.15, 0.2) is 5.78 Å². The summed E-state index contributed by atoms with van der Waals surface area (Å²) in [5.41, 5.74) is 9.01. The average Bonchev–Trinajstić information content (AvgIpc) is 2.72. The largest absolute Gasteiger partial charge is 0.359 e. The maximum Gasteiger partial charge on any atom is 0.182 e. The SMILES string of the molecule is C/C(=C\C(=O)/C=C(\C)Nc1c(C(C)C)cccc1C(C)C)Nc1c(C(C)C)cccc1C(C)C. The van der Waals surface area contributed by atoms with Crippen LogP contribution in [0.4, 0.5) is 11.4 Å². The monoisotopic (exact) mass is 460 g/mol. The van der Waals surface area contributed by atoms with Gasteiger partial charge in [-0.1, -0.05) is 91.8 Å². The van der Waals surface area contributed by atoms with E-state index in [1.54, 1.807) is 12.2 Å². The topological polar surface area (TPSA) is 41.1 Å². The second-order valence-corrected chi connectivity index (χ2v) is 10.5. The Kier molecular flexibility index (Phi) is 9.73. The van der Waals surface area contributed by atoms with Gasteiger partial charge in [-0.3, -0.25) is 4.79 Å². The molecule has 0 saturated carbocycles. The zero-order chi connectivity index (χ0) is 25.6. The number of hydrogen-bond donors (Lipinski definition) is 2. The van der Waals surface area contributed by atoms with E-state index in [4.69, 9.17) is 0 Å². The van der Waals surface area contributed by atoms with E-state index in [9.17, 15) is 4.79 Å².